The number of likely N-dealkylation sites (N-methyl/N-ethyl adjacent to an activating group) is 2. The van der Waals surface area contributed by atoms with Crippen LogP contribution in [0.1, 0.15) is 116 Å². The third-order valence-electron chi connectivity index (χ3n) is 16.6. The molecule has 16 heteroatoms. The first-order valence-electron chi connectivity index (χ1n) is 27.5. The number of anilines is 1. The van der Waals surface area contributed by atoms with E-state index in [1.54, 1.807) is 38.3 Å². The average molecular weight is 1040 g/mol. The lowest BCUT2D eigenvalue weighted by atomic mass is 9.84. The maximum Gasteiger partial charge on any atom is 0.253 e. The number of nitrogens with zero attached hydrogens (tertiary/aromatic N) is 4. The van der Waals surface area contributed by atoms with Crippen molar-refractivity contribution in [2.24, 2.45) is 41.4 Å². The van der Waals surface area contributed by atoms with Crippen LogP contribution in [0.2, 0.25) is 0 Å². The van der Waals surface area contributed by atoms with Crippen molar-refractivity contribution in [2.75, 3.05) is 53.3 Å². The summed E-state index contributed by atoms with van der Waals surface area (Å²) in [6.07, 6.45) is 7.18. The first kappa shape index (κ1) is 58.7. The van der Waals surface area contributed by atoms with Crippen molar-refractivity contribution >= 4 is 52.7 Å². The van der Waals surface area contributed by atoms with E-state index in [0.717, 1.165) is 36.9 Å². The zero-order valence-corrected chi connectivity index (χ0v) is 46.0. The number of likely N-dealkylation sites (tertiary alicyclic amines) is 2. The standard InChI is InChI=1S/C59H84N6O10/c1-10-38(4)55(63(7)59(73)45(37(2)3)33-49(67)56-46-31-43(46)36-62(56)6)50(74-8)34-54(71)64-29-17-20-47(64)57(75-9)39(5)48(66)32-42(30-40-18-13-11-14-19-40)58(72)61-44-24-22-41(23-25-44)35-60-51(68)21-15-12-16-28-65-52(69)26-27-53(65)70/h11,13-14,18-19,22-27,37-39,42-43,45-47,50,55-57H,10,12,15-17,20-21,28-36H2,1-9H3,(H,60,68)(H,61,72)/t38-,39-,42+,43?,45-,46?,47-,50+,55-,56-,57+/m0/s1. The molecule has 0 bridgehead atoms. The van der Waals surface area contributed by atoms with Crippen LogP contribution in [0.15, 0.2) is 66.7 Å². The summed E-state index contributed by atoms with van der Waals surface area (Å²) in [4.78, 5) is 114. The molecular weight excluding hydrogens is 953 g/mol. The van der Waals surface area contributed by atoms with E-state index in [1.165, 1.54) is 17.1 Å². The summed E-state index contributed by atoms with van der Waals surface area (Å²) in [6.45, 7) is 12.0. The van der Waals surface area contributed by atoms with Gasteiger partial charge in [-0.2, -0.15) is 0 Å². The van der Waals surface area contributed by atoms with E-state index in [-0.39, 0.29) is 84.1 Å². The Morgan fingerprint density at radius 1 is 0.840 bits per heavy atom. The lowest BCUT2D eigenvalue weighted by molar-refractivity contribution is -0.149. The Bertz CT molecular complexity index is 2320. The Hall–Kier alpha value is -5.58. The molecule has 3 heterocycles. The topological polar surface area (TPSA) is 192 Å². The summed E-state index contributed by atoms with van der Waals surface area (Å²) in [7, 11) is 6.93. The minimum absolute atomic E-state index is 0.0171. The highest BCUT2D eigenvalue weighted by atomic mass is 16.5. The summed E-state index contributed by atoms with van der Waals surface area (Å²) >= 11 is 0. The predicted octanol–water partition coefficient (Wildman–Crippen LogP) is 6.65. The second-order valence-electron chi connectivity index (χ2n) is 22.1. The van der Waals surface area contributed by atoms with Gasteiger partial charge >= 0.3 is 0 Å². The van der Waals surface area contributed by atoms with Gasteiger partial charge < -0.3 is 29.9 Å². The Morgan fingerprint density at radius 3 is 2.15 bits per heavy atom. The molecule has 16 nitrogen and oxygen atoms in total. The van der Waals surface area contributed by atoms with Gasteiger partial charge in [-0.1, -0.05) is 89.9 Å². The van der Waals surface area contributed by atoms with Crippen molar-refractivity contribution in [1.82, 2.24) is 24.9 Å². The van der Waals surface area contributed by atoms with Crippen molar-refractivity contribution in [3.05, 3.63) is 77.9 Å². The van der Waals surface area contributed by atoms with E-state index < -0.39 is 42.0 Å². The Balaban J connectivity index is 1.04. The van der Waals surface area contributed by atoms with Crippen molar-refractivity contribution < 1.29 is 47.8 Å². The van der Waals surface area contributed by atoms with Gasteiger partial charge in [0.05, 0.1) is 36.8 Å². The molecule has 3 aliphatic heterocycles. The highest BCUT2D eigenvalue weighted by molar-refractivity contribution is 6.12. The fourth-order valence-electron chi connectivity index (χ4n) is 11.9. The van der Waals surface area contributed by atoms with Gasteiger partial charge in [0.25, 0.3) is 11.8 Å². The normalized spacial score (nSPS) is 22.1. The number of nitrogens with one attached hydrogen (secondary N) is 2. The van der Waals surface area contributed by atoms with E-state index in [1.807, 2.05) is 75.2 Å². The number of hydrogen-bond acceptors (Lipinski definition) is 11. The lowest BCUT2D eigenvalue weighted by Gasteiger charge is -2.41. The Labute approximate surface area is 445 Å². The summed E-state index contributed by atoms with van der Waals surface area (Å²) in [5, 5.41) is 5.94. The van der Waals surface area contributed by atoms with Crippen molar-refractivity contribution in [3.8, 4) is 0 Å². The number of methoxy groups -OCH3 is 2. The van der Waals surface area contributed by atoms with Crippen molar-refractivity contribution in [2.45, 2.75) is 149 Å². The van der Waals surface area contributed by atoms with Gasteiger partial charge in [-0.3, -0.25) is 48.2 Å². The Morgan fingerprint density at radius 2 is 1.53 bits per heavy atom. The highest BCUT2D eigenvalue weighted by Crippen LogP contribution is 2.49. The van der Waals surface area contributed by atoms with Crippen LogP contribution in [-0.4, -0.2) is 145 Å². The van der Waals surface area contributed by atoms with Gasteiger partial charge in [-0.05, 0) is 92.5 Å². The van der Waals surface area contributed by atoms with Gasteiger partial charge in [0.1, 0.15) is 5.78 Å². The number of ether oxygens (including phenoxy) is 2. The van der Waals surface area contributed by atoms with E-state index >= 15 is 0 Å². The van der Waals surface area contributed by atoms with Gasteiger partial charge in [0.15, 0.2) is 5.78 Å². The van der Waals surface area contributed by atoms with Gasteiger partial charge in [-0.15, -0.1) is 0 Å². The minimum atomic E-state index is -0.712. The highest BCUT2D eigenvalue weighted by Gasteiger charge is 2.54. The van der Waals surface area contributed by atoms with Gasteiger partial charge in [0.2, 0.25) is 23.6 Å². The molecule has 0 spiro atoms. The quantitative estimate of drug-likeness (QED) is 0.0630. The van der Waals surface area contributed by atoms with Crippen LogP contribution < -0.4 is 10.6 Å². The molecule has 4 aliphatic rings. The molecule has 2 saturated heterocycles. The SMILES string of the molecule is CC[C@H](C)[C@@H]([C@@H](CC(=O)N1CCC[C@H]1[C@H](OC)[C@@H](C)C(=O)C[C@@H](Cc1ccccc1)C(=O)Nc1ccc(CNC(=O)CCCCCN2C(=O)C=CC2=O)cc1)OC)N(C)C(=O)[C@@H](CC(=O)[C@@H]1C2CC2CN1C)C(C)C. The maximum absolute atomic E-state index is 14.5. The number of unbranched alkanes of at least 4 members (excludes halogenated alkanes) is 2. The number of hydrogen-bond donors (Lipinski definition) is 2. The van der Waals surface area contributed by atoms with Crippen LogP contribution in [-0.2, 0) is 60.8 Å². The largest absolute Gasteiger partial charge is 0.379 e. The molecular formula is C59H84N6O10. The van der Waals surface area contributed by atoms with Crippen LogP contribution in [0, 0.1) is 41.4 Å². The van der Waals surface area contributed by atoms with Gasteiger partial charge in [-0.25, -0.2) is 0 Å². The molecule has 2 N–H and O–H groups in total. The molecule has 410 valence electrons. The smallest absolute Gasteiger partial charge is 0.253 e. The molecule has 2 aromatic rings. The number of carbonyl (C=O) groups is 8. The number of benzene rings is 2. The number of ketones is 2. The number of rotatable bonds is 30. The maximum atomic E-state index is 14.5. The van der Waals surface area contributed by atoms with Crippen molar-refractivity contribution in [3.63, 3.8) is 0 Å². The number of imide groups is 1. The average Bonchev–Trinajstić information content (AvgIpc) is 3.63. The number of carbonyl (C=O) groups excluding carboxylic acids is 8. The molecule has 1 saturated carbocycles. The van der Waals surface area contributed by atoms with Gasteiger partial charge in [0, 0.05) is 102 Å². The fraction of sp³-hybridized carbons (Fsp3) is 0.627. The van der Waals surface area contributed by atoms with E-state index in [4.69, 9.17) is 9.47 Å². The molecule has 11 atom stereocenters. The number of piperidine rings is 1. The molecule has 6 rings (SSSR count). The van der Waals surface area contributed by atoms with Crippen LogP contribution in [0.25, 0.3) is 0 Å². The van der Waals surface area contributed by atoms with E-state index in [0.29, 0.717) is 75.7 Å². The fourth-order valence-corrected chi connectivity index (χ4v) is 11.9. The predicted molar refractivity (Wildman–Crippen MR) is 287 cm³/mol. The van der Waals surface area contributed by atoms with Crippen LogP contribution >= 0.6 is 0 Å². The number of fused-ring (bicyclic) bond motifs is 1. The molecule has 75 heavy (non-hydrogen) atoms. The van der Waals surface area contributed by atoms with Crippen LogP contribution in [0.4, 0.5) is 5.69 Å². The molecule has 6 amide bonds. The summed E-state index contributed by atoms with van der Waals surface area (Å²) < 4.78 is 12.2. The second kappa shape index (κ2) is 27.5. The molecule has 0 aromatic heterocycles. The van der Waals surface area contributed by atoms with Crippen molar-refractivity contribution in [1.29, 1.82) is 0 Å². The zero-order chi connectivity index (χ0) is 54.5. The summed E-state index contributed by atoms with van der Waals surface area (Å²) in [6, 6.07) is 15.8. The number of Topliss-reactive ketones (excluding diaryl/α,β-unsaturated/α-hetero) is 2. The molecule has 2 aromatic carbocycles. The third kappa shape index (κ3) is 15.3. The van der Waals surface area contributed by atoms with Crippen LogP contribution in [0.5, 0.6) is 0 Å². The zero-order valence-electron chi connectivity index (χ0n) is 46.0. The third-order valence-corrected chi connectivity index (χ3v) is 16.6. The molecule has 1 aliphatic carbocycles. The minimum Gasteiger partial charge on any atom is -0.379 e. The second-order valence-corrected chi connectivity index (χ2v) is 22.1. The van der Waals surface area contributed by atoms with E-state index in [2.05, 4.69) is 29.4 Å². The van der Waals surface area contributed by atoms with Crippen LogP contribution in [0.3, 0.4) is 0 Å². The molecule has 0 radical (unpaired) electrons. The number of amides is 6. The summed E-state index contributed by atoms with van der Waals surface area (Å²) in [5.41, 5.74) is 2.30. The lowest BCUT2D eigenvalue weighted by Crippen LogP contribution is -2.54. The summed E-state index contributed by atoms with van der Waals surface area (Å²) in [5.74, 6) is -2.28. The first-order valence-corrected chi connectivity index (χ1v) is 27.5. The molecule has 3 fully saturated rings. The molecule has 2 unspecified atom stereocenters. The Kier molecular flexibility index (Phi) is 21.5. The first-order chi connectivity index (χ1) is 35.9. The van der Waals surface area contributed by atoms with E-state index in [9.17, 15) is 38.4 Å². The monoisotopic (exact) mass is 1040 g/mol.